The fourth-order valence-electron chi connectivity index (χ4n) is 16.7. The normalized spacial score (nSPS) is 51.9. The van der Waals surface area contributed by atoms with E-state index in [-0.39, 0.29) is 28.4 Å². The van der Waals surface area contributed by atoms with Gasteiger partial charge < -0.3 is 109 Å². The monoisotopic (exact) mass is 1150 g/mol. The molecule has 456 valence electrons. The smallest absolute Gasteiger partial charge is 0.335 e. The van der Waals surface area contributed by atoms with Gasteiger partial charge in [-0.05, 0) is 90.4 Å². The predicted octanol–water partition coefficient (Wildman–Crippen LogP) is -1.97. The van der Waals surface area contributed by atoms with Gasteiger partial charge in [0.2, 0.25) is 0 Å². The molecule has 8 fully saturated rings. The van der Waals surface area contributed by atoms with Gasteiger partial charge in [-0.1, -0.05) is 54.5 Å². The fraction of sp³-hybridized carbons (Fsp3) is 0.909. The van der Waals surface area contributed by atoms with Crippen molar-refractivity contribution < 1.29 is 123 Å². The quantitative estimate of drug-likeness (QED) is 0.0541. The van der Waals surface area contributed by atoms with E-state index in [9.17, 15) is 80.8 Å². The first kappa shape index (κ1) is 62.1. The molecule has 0 aromatic rings. The molecule has 13 N–H and O–H groups in total. The molecular weight excluding hydrogens is 1060 g/mol. The number of ether oxygens (including phenoxy) is 9. The second-order valence-electron chi connectivity index (χ2n) is 26.5. The number of esters is 1. The first-order chi connectivity index (χ1) is 37.4. The van der Waals surface area contributed by atoms with Gasteiger partial charge in [0.15, 0.2) is 31.3 Å². The number of carbonyl (C=O) groups excluding carboxylic acids is 2. The molecule has 0 bridgehead atoms. The summed E-state index contributed by atoms with van der Waals surface area (Å²) < 4.78 is 54.6. The highest BCUT2D eigenvalue weighted by molar-refractivity contribution is 5.87. The molecule has 9 rings (SSSR count). The Morgan fingerprint density at radius 1 is 0.588 bits per heavy atom. The van der Waals surface area contributed by atoms with Gasteiger partial charge in [0.25, 0.3) is 0 Å². The zero-order valence-electron chi connectivity index (χ0n) is 46.6. The van der Waals surface area contributed by atoms with Crippen LogP contribution in [0.1, 0.15) is 113 Å². The molecule has 28 unspecified atom stereocenters. The van der Waals surface area contributed by atoms with Gasteiger partial charge in [-0.3, -0.25) is 9.59 Å². The summed E-state index contributed by atoms with van der Waals surface area (Å²) in [4.78, 5) is 41.1. The van der Waals surface area contributed by atoms with Crippen LogP contribution in [0.25, 0.3) is 0 Å². The molecule has 4 heterocycles. The Hall–Kier alpha value is -2.45. The van der Waals surface area contributed by atoms with E-state index in [2.05, 4.69) is 40.7 Å². The Kier molecular flexibility index (Phi) is 17.4. The van der Waals surface area contributed by atoms with E-state index < -0.39 is 188 Å². The summed E-state index contributed by atoms with van der Waals surface area (Å²) in [6.45, 7) is 13.8. The third-order valence-electron chi connectivity index (χ3n) is 21.0. The molecule has 0 radical (unpaired) electrons. The third-order valence-corrected chi connectivity index (χ3v) is 21.0. The van der Waals surface area contributed by atoms with Crippen LogP contribution in [0.15, 0.2) is 11.6 Å². The Bertz CT molecular complexity index is 2300. The molecular formula is C55H86O25. The topological polar surface area (TPSA) is 397 Å². The fourth-order valence-corrected chi connectivity index (χ4v) is 16.7. The first-order valence-electron chi connectivity index (χ1n) is 28.2. The van der Waals surface area contributed by atoms with Crippen LogP contribution in [0, 0.1) is 44.8 Å². The van der Waals surface area contributed by atoms with Crippen LogP contribution in [0.5, 0.6) is 0 Å². The summed E-state index contributed by atoms with van der Waals surface area (Å²) >= 11 is 0. The predicted molar refractivity (Wildman–Crippen MR) is 269 cm³/mol. The van der Waals surface area contributed by atoms with Gasteiger partial charge in [0.05, 0.1) is 31.8 Å². The summed E-state index contributed by atoms with van der Waals surface area (Å²) in [6, 6.07) is 0. The van der Waals surface area contributed by atoms with Crippen molar-refractivity contribution in [2.75, 3.05) is 19.8 Å². The summed E-state index contributed by atoms with van der Waals surface area (Å²) in [5, 5.41) is 140. The summed E-state index contributed by atoms with van der Waals surface area (Å²) in [5.41, 5.74) is -2.45. The van der Waals surface area contributed by atoms with Crippen molar-refractivity contribution >= 4 is 17.7 Å². The van der Waals surface area contributed by atoms with E-state index in [4.69, 9.17) is 42.6 Å². The number of aliphatic hydroxyl groups is 12. The van der Waals surface area contributed by atoms with E-state index in [1.54, 1.807) is 0 Å². The van der Waals surface area contributed by atoms with Crippen LogP contribution in [-0.2, 0) is 57.0 Å². The van der Waals surface area contributed by atoms with Gasteiger partial charge in [0.1, 0.15) is 103 Å². The Labute approximate surface area is 464 Å². The maximum absolute atomic E-state index is 14.6. The van der Waals surface area contributed by atoms with Crippen LogP contribution >= 0.6 is 0 Å². The second kappa shape index (κ2) is 22.4. The molecule has 0 aromatic carbocycles. The van der Waals surface area contributed by atoms with Gasteiger partial charge in [0, 0.05) is 18.8 Å². The van der Waals surface area contributed by atoms with Crippen molar-refractivity contribution in [1.29, 1.82) is 0 Å². The number of hydrogen-bond acceptors (Lipinski definition) is 24. The lowest BCUT2D eigenvalue weighted by Gasteiger charge is -2.71. The zero-order valence-corrected chi connectivity index (χ0v) is 46.6. The number of ketones is 1. The van der Waals surface area contributed by atoms with Crippen LogP contribution in [0.3, 0.4) is 0 Å². The van der Waals surface area contributed by atoms with E-state index in [0.717, 1.165) is 12.0 Å². The minimum atomic E-state index is -2.23. The van der Waals surface area contributed by atoms with Crippen molar-refractivity contribution in [2.45, 2.75) is 248 Å². The van der Waals surface area contributed by atoms with Crippen molar-refractivity contribution in [3.63, 3.8) is 0 Å². The van der Waals surface area contributed by atoms with E-state index >= 15 is 0 Å². The second-order valence-corrected chi connectivity index (χ2v) is 26.5. The summed E-state index contributed by atoms with van der Waals surface area (Å²) in [5.74, 6) is -2.55. The van der Waals surface area contributed by atoms with Crippen molar-refractivity contribution in [1.82, 2.24) is 0 Å². The number of carboxylic acid groups (broad SMARTS) is 1. The molecule has 4 saturated heterocycles. The maximum Gasteiger partial charge on any atom is 0.335 e. The highest BCUT2D eigenvalue weighted by Gasteiger charge is 2.72. The molecule has 4 aliphatic heterocycles. The minimum absolute atomic E-state index is 0.0305. The largest absolute Gasteiger partial charge is 0.479 e. The average Bonchev–Trinajstić information content (AvgIpc) is 3.40. The lowest BCUT2D eigenvalue weighted by Crippen LogP contribution is -2.69. The van der Waals surface area contributed by atoms with E-state index in [0.29, 0.717) is 51.4 Å². The van der Waals surface area contributed by atoms with E-state index in [1.807, 2.05) is 13.8 Å². The van der Waals surface area contributed by atoms with Crippen molar-refractivity contribution in [3.8, 4) is 0 Å². The average molecular weight is 1150 g/mol. The molecule has 0 aromatic heterocycles. The minimum Gasteiger partial charge on any atom is -0.479 e. The number of allylic oxidation sites excluding steroid dienone is 1. The van der Waals surface area contributed by atoms with Gasteiger partial charge in [-0.2, -0.15) is 0 Å². The molecule has 25 heteroatoms. The molecule has 0 amide bonds. The number of carboxylic acids is 1. The molecule has 4 saturated carbocycles. The van der Waals surface area contributed by atoms with Crippen LogP contribution in [0.4, 0.5) is 0 Å². The molecule has 25 nitrogen and oxygen atoms in total. The number of hydrogen-bond donors (Lipinski definition) is 13. The number of fused-ring (bicyclic) bond motifs is 7. The molecule has 5 aliphatic carbocycles. The number of carbonyl (C=O) groups is 3. The SMILES string of the molecule is CC(=O)OC12CC(C)(C)CCC1C(=O)CC1(C)C2=CCC2C3(C)CCC(OC4OC(C(=O)O)C(OC5OC(CO)C(O)C(O)C5OC5OC(CO)C(O)C(O)C5O)C(O)C4OC4OC(CO)C(O)C(O)C4O)C(C)(C)C3CCC21C. The standard InChI is InChI=1S/C55H86O25/c1-22(59)80-55-21-50(2,3)14-11-23(55)24(60)17-54(8)30(55)10-9-29-52(6)15-13-31(51(4,5)28(52)12-16-53(29,54)7)75-49-43(78-47-39(68)36(65)33(62)26(19-57)73-47)40(69)41(44(79-49)45(70)71)76-48-42(37(66)34(63)27(20-58)74-48)77-46-38(67)35(64)32(61)25(18-56)72-46/h10,23,25-29,31-44,46-49,56-58,61-69H,9,11-21H2,1-8H3,(H,70,71). The van der Waals surface area contributed by atoms with E-state index in [1.165, 1.54) is 6.92 Å². The number of aliphatic hydroxyl groups excluding tert-OH is 12. The lowest BCUT2D eigenvalue weighted by atomic mass is 9.34. The Morgan fingerprint density at radius 3 is 1.64 bits per heavy atom. The number of rotatable bonds is 13. The van der Waals surface area contributed by atoms with Crippen molar-refractivity contribution in [3.05, 3.63) is 11.6 Å². The zero-order chi connectivity index (χ0) is 58.7. The van der Waals surface area contributed by atoms with Gasteiger partial charge in [-0.15, -0.1) is 0 Å². The molecule has 9 aliphatic rings. The third kappa shape index (κ3) is 10.1. The number of Topliss-reactive ketones (excluding diaryl/α,β-unsaturated/α-hetero) is 1. The highest BCUT2D eigenvalue weighted by Crippen LogP contribution is 2.75. The van der Waals surface area contributed by atoms with Crippen LogP contribution in [-0.4, -0.2) is 238 Å². The van der Waals surface area contributed by atoms with Crippen LogP contribution in [0.2, 0.25) is 0 Å². The Morgan fingerprint density at radius 2 is 1.10 bits per heavy atom. The lowest BCUT2D eigenvalue weighted by molar-refractivity contribution is -0.401. The number of aliphatic carboxylic acids is 1. The van der Waals surface area contributed by atoms with Gasteiger partial charge in [-0.25, -0.2) is 4.79 Å². The van der Waals surface area contributed by atoms with Gasteiger partial charge >= 0.3 is 11.9 Å². The molecule has 28 atom stereocenters. The molecule has 0 spiro atoms. The van der Waals surface area contributed by atoms with Crippen molar-refractivity contribution in [2.24, 2.45) is 44.8 Å². The Balaban J connectivity index is 1.02. The first-order valence-corrected chi connectivity index (χ1v) is 28.2. The molecule has 80 heavy (non-hydrogen) atoms. The summed E-state index contributed by atoms with van der Waals surface area (Å²) in [6.07, 6.45) is -32.2. The maximum atomic E-state index is 14.6. The summed E-state index contributed by atoms with van der Waals surface area (Å²) in [7, 11) is 0. The van der Waals surface area contributed by atoms with Crippen LogP contribution < -0.4 is 0 Å². The highest BCUT2D eigenvalue weighted by atomic mass is 16.8.